The van der Waals surface area contributed by atoms with Crippen molar-refractivity contribution in [2.75, 3.05) is 37.6 Å². The van der Waals surface area contributed by atoms with Crippen molar-refractivity contribution in [1.29, 1.82) is 0 Å². The summed E-state index contributed by atoms with van der Waals surface area (Å²) >= 11 is 0. The van der Waals surface area contributed by atoms with Gasteiger partial charge in [0.05, 0.1) is 6.54 Å². The Balaban J connectivity index is 0.000000155. The second-order valence-electron chi connectivity index (χ2n) is 11.1. The maximum absolute atomic E-state index is 13.3. The number of hydrogen-bond donors (Lipinski definition) is 2. The molecule has 9 heteroatoms. The van der Waals surface area contributed by atoms with Crippen molar-refractivity contribution in [1.82, 2.24) is 15.2 Å². The van der Waals surface area contributed by atoms with E-state index >= 15 is 0 Å². The lowest BCUT2D eigenvalue weighted by atomic mass is 9.74. The lowest BCUT2D eigenvalue weighted by Crippen LogP contribution is -2.51. The lowest BCUT2D eigenvalue weighted by molar-refractivity contribution is -0.152. The molecule has 1 aromatic heterocycles. The number of H-pyrrole nitrogens is 1. The first-order chi connectivity index (χ1) is 18.1. The second kappa shape index (κ2) is 10.8. The van der Waals surface area contributed by atoms with E-state index in [2.05, 4.69) is 15.2 Å². The number of piperidine rings is 2. The van der Waals surface area contributed by atoms with Crippen LogP contribution in [0.4, 0.5) is 27.6 Å². The fraction of sp³-hybridized carbons (Fsp3) is 0.517. The first-order valence-corrected chi connectivity index (χ1v) is 13.4. The molecule has 2 saturated heterocycles. The largest absolute Gasteiger partial charge is 0.401 e. The quantitative estimate of drug-likeness (QED) is 0.373. The monoisotopic (exact) mass is 534 g/mol. The number of halogens is 5. The molecule has 0 saturated carbocycles. The van der Waals surface area contributed by atoms with E-state index in [-0.39, 0.29) is 6.04 Å². The highest BCUT2D eigenvalue weighted by atomic mass is 19.4. The molecule has 3 aliphatic heterocycles. The van der Waals surface area contributed by atoms with Crippen LogP contribution >= 0.6 is 0 Å². The van der Waals surface area contributed by atoms with E-state index in [1.807, 2.05) is 31.2 Å². The van der Waals surface area contributed by atoms with Crippen LogP contribution in [0.15, 0.2) is 42.5 Å². The Hall–Kier alpha value is -2.65. The van der Waals surface area contributed by atoms with E-state index < -0.39 is 24.4 Å². The van der Waals surface area contributed by atoms with Crippen LogP contribution in [0.3, 0.4) is 0 Å². The van der Waals surface area contributed by atoms with Gasteiger partial charge in [0.2, 0.25) is 0 Å². The van der Waals surface area contributed by atoms with Crippen LogP contribution < -0.4 is 10.2 Å². The molecule has 3 aromatic rings. The van der Waals surface area contributed by atoms with Crippen LogP contribution in [-0.2, 0) is 13.0 Å². The third kappa shape index (κ3) is 6.15. The van der Waals surface area contributed by atoms with Crippen LogP contribution in [0.25, 0.3) is 10.9 Å². The Morgan fingerprint density at radius 2 is 1.76 bits per heavy atom. The Morgan fingerprint density at radius 1 is 1.03 bits per heavy atom. The van der Waals surface area contributed by atoms with Crippen LogP contribution in [0.1, 0.15) is 43.9 Å². The Bertz CT molecular complexity index is 1220. The number of aromatic amines is 1. The zero-order valence-electron chi connectivity index (χ0n) is 21.7. The highest BCUT2D eigenvalue weighted by Crippen LogP contribution is 2.38. The number of benzene rings is 2. The number of aromatic nitrogens is 1. The predicted molar refractivity (Wildman–Crippen MR) is 140 cm³/mol. The molecule has 1 spiro atoms. The van der Waals surface area contributed by atoms with Crippen LogP contribution in [0, 0.1) is 17.0 Å². The van der Waals surface area contributed by atoms with Crippen molar-refractivity contribution < 1.29 is 22.0 Å². The number of rotatable bonds is 2. The molecule has 2 atom stereocenters. The van der Waals surface area contributed by atoms with Gasteiger partial charge in [-0.3, -0.25) is 4.90 Å². The molecule has 2 unspecified atom stereocenters. The Labute approximate surface area is 220 Å². The topological polar surface area (TPSA) is 34.3 Å². The number of nitrogens with zero attached hydrogens (tertiary/aromatic N) is 2. The van der Waals surface area contributed by atoms with Gasteiger partial charge in [-0.25, -0.2) is 8.78 Å². The molecule has 2 fully saturated rings. The summed E-state index contributed by atoms with van der Waals surface area (Å²) in [5.41, 5.74) is 4.07. The van der Waals surface area contributed by atoms with Gasteiger partial charge in [-0.05, 0) is 69.3 Å². The molecule has 38 heavy (non-hydrogen) atoms. The zero-order chi connectivity index (χ0) is 26.9. The molecule has 6 rings (SSSR count). The fourth-order valence-corrected chi connectivity index (χ4v) is 6.38. The maximum Gasteiger partial charge on any atom is 0.401 e. The first kappa shape index (κ1) is 26.9. The van der Waals surface area contributed by atoms with E-state index in [0.717, 1.165) is 55.3 Å². The Kier molecular flexibility index (Phi) is 7.69. The van der Waals surface area contributed by atoms with E-state index in [1.54, 1.807) is 0 Å². The molecule has 4 nitrogen and oxygen atoms in total. The van der Waals surface area contributed by atoms with Crippen molar-refractivity contribution in [2.24, 2.45) is 5.41 Å². The van der Waals surface area contributed by atoms with Crippen molar-refractivity contribution in [3.8, 4) is 0 Å². The molecule has 0 amide bonds. The van der Waals surface area contributed by atoms with Crippen LogP contribution in [0.2, 0.25) is 0 Å². The molecule has 0 aliphatic carbocycles. The number of nitrogens with one attached hydrogen (secondary N) is 2. The third-order valence-corrected chi connectivity index (χ3v) is 8.20. The minimum Gasteiger partial charge on any atom is -0.371 e. The summed E-state index contributed by atoms with van der Waals surface area (Å²) in [4.78, 5) is 6.87. The molecule has 3 aliphatic rings. The second-order valence-corrected chi connectivity index (χ2v) is 11.1. The van der Waals surface area contributed by atoms with Crippen molar-refractivity contribution in [3.05, 3.63) is 65.4 Å². The Morgan fingerprint density at radius 3 is 2.47 bits per heavy atom. The summed E-state index contributed by atoms with van der Waals surface area (Å²) in [6, 6.07) is 11.6. The van der Waals surface area contributed by atoms with Crippen molar-refractivity contribution in [2.45, 2.75) is 57.8 Å². The van der Waals surface area contributed by atoms with E-state index in [9.17, 15) is 22.0 Å². The lowest BCUT2D eigenvalue weighted by Gasteiger charge is -2.46. The number of fused-ring (bicyclic) bond motifs is 3. The molecule has 2 aromatic carbocycles. The van der Waals surface area contributed by atoms with Gasteiger partial charge in [0.15, 0.2) is 0 Å². The third-order valence-electron chi connectivity index (χ3n) is 8.20. The van der Waals surface area contributed by atoms with Gasteiger partial charge in [0.1, 0.15) is 11.6 Å². The minimum atomic E-state index is -4.14. The summed E-state index contributed by atoms with van der Waals surface area (Å²) in [6.07, 6.45) is 1.25. The summed E-state index contributed by atoms with van der Waals surface area (Å²) in [5, 5.41) is 4.60. The molecular formula is C29H35F5N4. The van der Waals surface area contributed by atoms with Gasteiger partial charge in [-0.2, -0.15) is 13.2 Å². The molecule has 0 radical (unpaired) electrons. The van der Waals surface area contributed by atoms with Gasteiger partial charge < -0.3 is 15.2 Å². The van der Waals surface area contributed by atoms with Crippen LogP contribution in [0.5, 0.6) is 0 Å². The highest BCUT2D eigenvalue weighted by molar-refractivity contribution is 5.84. The van der Waals surface area contributed by atoms with Crippen molar-refractivity contribution in [3.63, 3.8) is 0 Å². The zero-order valence-corrected chi connectivity index (χ0v) is 21.7. The normalized spacial score (nSPS) is 24.3. The van der Waals surface area contributed by atoms with Gasteiger partial charge >= 0.3 is 6.18 Å². The molecular weight excluding hydrogens is 499 g/mol. The standard InChI is InChI=1S/C15H20F2N2.C14H15F3N2/c16-12-7-13(17)9-14(8-12)19-6-2-4-15(11-19)3-1-5-18-10-15;1-9-6-11-10-4-2-3-5-12(10)18-13(11)7-19(9)8-14(15,16)17/h7-9,18H,1-6,10-11H2;2-5,9,18H,6-8H2,1H3. The summed E-state index contributed by atoms with van der Waals surface area (Å²) in [7, 11) is 0. The summed E-state index contributed by atoms with van der Waals surface area (Å²) in [5.74, 6) is -0.979. The SMILES string of the molecule is CC1Cc2c([nH]c3ccccc23)CN1CC(F)(F)F.Fc1cc(F)cc(N2CCCC3(CCCNC3)C2)c1. The van der Waals surface area contributed by atoms with Crippen molar-refractivity contribution >= 4 is 16.6 Å². The average molecular weight is 535 g/mol. The van der Waals surface area contributed by atoms with Crippen LogP contribution in [-0.4, -0.2) is 54.8 Å². The highest BCUT2D eigenvalue weighted by Gasteiger charge is 2.37. The maximum atomic E-state index is 13.3. The van der Waals surface area contributed by atoms with E-state index in [1.165, 1.54) is 41.9 Å². The number of hydrogen-bond acceptors (Lipinski definition) is 3. The number of anilines is 1. The summed E-state index contributed by atoms with van der Waals surface area (Å²) < 4.78 is 64.3. The van der Waals surface area contributed by atoms with Gasteiger partial charge in [-0.1, -0.05) is 18.2 Å². The smallest absolute Gasteiger partial charge is 0.371 e. The predicted octanol–water partition coefficient (Wildman–Crippen LogP) is 6.41. The summed E-state index contributed by atoms with van der Waals surface area (Å²) in [6.45, 7) is 5.27. The average Bonchev–Trinajstić information content (AvgIpc) is 3.21. The number of alkyl halides is 3. The van der Waals surface area contributed by atoms with Gasteiger partial charge in [-0.15, -0.1) is 0 Å². The molecule has 2 N–H and O–H groups in total. The molecule has 206 valence electrons. The van der Waals surface area contributed by atoms with E-state index in [4.69, 9.17) is 0 Å². The van der Waals surface area contributed by atoms with E-state index in [0.29, 0.717) is 24.1 Å². The minimum absolute atomic E-state index is 0.0895. The van der Waals surface area contributed by atoms with Gasteiger partial charge in [0.25, 0.3) is 0 Å². The van der Waals surface area contributed by atoms with Gasteiger partial charge in [0, 0.05) is 66.0 Å². The first-order valence-electron chi connectivity index (χ1n) is 13.4. The number of para-hydroxylation sites is 1. The molecule has 0 bridgehead atoms. The molecule has 4 heterocycles. The fourth-order valence-electron chi connectivity index (χ4n) is 6.38.